The molecule has 0 aromatic heterocycles. The summed E-state index contributed by atoms with van der Waals surface area (Å²) in [5, 5.41) is 29.6. The van der Waals surface area contributed by atoms with Crippen LogP contribution >= 0.6 is 0 Å². The van der Waals surface area contributed by atoms with Gasteiger partial charge in [0.2, 0.25) is 5.91 Å². The van der Waals surface area contributed by atoms with Gasteiger partial charge < -0.3 is 14.7 Å². The number of fused-ring (bicyclic) bond motifs is 1. The molecule has 1 aliphatic carbocycles. The third kappa shape index (κ3) is 7.71. The van der Waals surface area contributed by atoms with Gasteiger partial charge in [0.25, 0.3) is 0 Å². The number of hydrogen-bond acceptors (Lipinski definition) is 9. The van der Waals surface area contributed by atoms with Gasteiger partial charge >= 0.3 is 11.9 Å². The third-order valence-electron chi connectivity index (χ3n) is 7.04. The molecule has 0 radical (unpaired) electrons. The average molecular weight is 508 g/mol. The number of aliphatic carboxylic acids is 1. The number of carboxylic acids is 1. The number of carbonyl (C=O) groups excluding carboxylic acids is 2. The molecule has 2 fully saturated rings. The summed E-state index contributed by atoms with van der Waals surface area (Å²) in [6, 6.07) is 7.15. The van der Waals surface area contributed by atoms with Crippen LogP contribution in [0, 0.1) is 5.92 Å². The van der Waals surface area contributed by atoms with E-state index in [1.165, 1.54) is 4.90 Å². The van der Waals surface area contributed by atoms with Crippen LogP contribution in [0.3, 0.4) is 0 Å². The Labute approximate surface area is 210 Å². The molecule has 4 N–H and O–H groups in total. The summed E-state index contributed by atoms with van der Waals surface area (Å²) in [6.45, 7) is 1.59. The van der Waals surface area contributed by atoms with E-state index in [0.29, 0.717) is 19.3 Å². The number of esters is 1. The van der Waals surface area contributed by atoms with Gasteiger partial charge in [0.15, 0.2) is 0 Å². The normalized spacial score (nSPS) is 23.2. The minimum atomic E-state index is -0.989. The lowest BCUT2D eigenvalue weighted by Crippen LogP contribution is -2.55. The maximum atomic E-state index is 13.5. The van der Waals surface area contributed by atoms with Crippen molar-refractivity contribution in [1.29, 1.82) is 0 Å². The highest BCUT2D eigenvalue weighted by atomic mass is 17.1. The standard InChI is InChI=1S/C25H37N3O8/c1-17(23(29)27-21-11-6-5-10-19(21)16-22(27)24(30)31)26-20(13-12-18-8-3-2-4-9-18)25(32)35-14-7-15-36-28(33)34/h2-4,8-9,17,19-22,26,33-34H,5-7,10-16H2,1H3,(H,30,31). The van der Waals surface area contributed by atoms with E-state index in [-0.39, 0.29) is 37.5 Å². The van der Waals surface area contributed by atoms with E-state index in [0.717, 1.165) is 31.2 Å². The number of rotatable bonds is 13. The van der Waals surface area contributed by atoms with Gasteiger partial charge in [0.05, 0.1) is 24.6 Å². The van der Waals surface area contributed by atoms with Crippen LogP contribution < -0.4 is 5.32 Å². The average Bonchev–Trinajstić information content (AvgIpc) is 3.26. The first kappa shape index (κ1) is 28.0. The van der Waals surface area contributed by atoms with Crippen molar-refractivity contribution in [2.45, 2.75) is 82.5 Å². The SMILES string of the molecule is CC(NC(CCc1ccccc1)C(=O)OCCCON(O)O)C(=O)N1C(C(=O)O)CC2CCCCC21. The monoisotopic (exact) mass is 507 g/mol. The molecule has 0 bridgehead atoms. The molecular weight excluding hydrogens is 470 g/mol. The fraction of sp³-hybridized carbons (Fsp3) is 0.640. The van der Waals surface area contributed by atoms with E-state index in [2.05, 4.69) is 10.2 Å². The highest BCUT2D eigenvalue weighted by molar-refractivity contribution is 5.88. The Morgan fingerprint density at radius 1 is 1.14 bits per heavy atom. The quantitative estimate of drug-likeness (QED) is 0.178. The van der Waals surface area contributed by atoms with Gasteiger partial charge in [-0.3, -0.25) is 30.2 Å². The maximum absolute atomic E-state index is 13.5. The molecule has 1 aliphatic heterocycles. The van der Waals surface area contributed by atoms with E-state index in [1.807, 2.05) is 30.3 Å². The van der Waals surface area contributed by atoms with Gasteiger partial charge in [-0.25, -0.2) is 4.79 Å². The smallest absolute Gasteiger partial charge is 0.326 e. The van der Waals surface area contributed by atoms with Crippen molar-refractivity contribution in [3.05, 3.63) is 35.9 Å². The molecule has 1 amide bonds. The van der Waals surface area contributed by atoms with Crippen molar-refractivity contribution in [3.63, 3.8) is 0 Å². The van der Waals surface area contributed by atoms with Crippen LogP contribution in [0.2, 0.25) is 0 Å². The number of likely N-dealkylation sites (tertiary alicyclic amines) is 1. The molecule has 200 valence electrons. The number of nitrogens with one attached hydrogen (secondary N) is 1. The highest BCUT2D eigenvalue weighted by Crippen LogP contribution is 2.40. The fourth-order valence-corrected chi connectivity index (χ4v) is 5.30. The van der Waals surface area contributed by atoms with Crippen molar-refractivity contribution in [2.75, 3.05) is 13.2 Å². The molecular formula is C25H37N3O8. The Hall–Kier alpha value is -2.57. The van der Waals surface area contributed by atoms with Gasteiger partial charge in [0.1, 0.15) is 12.1 Å². The van der Waals surface area contributed by atoms with Gasteiger partial charge in [-0.15, -0.1) is 0 Å². The third-order valence-corrected chi connectivity index (χ3v) is 7.04. The molecule has 11 nitrogen and oxygen atoms in total. The van der Waals surface area contributed by atoms with Gasteiger partial charge in [-0.05, 0) is 50.5 Å². The molecule has 5 unspecified atom stereocenters. The van der Waals surface area contributed by atoms with E-state index in [9.17, 15) is 19.5 Å². The second-order valence-corrected chi connectivity index (χ2v) is 9.52. The topological polar surface area (TPSA) is 149 Å². The van der Waals surface area contributed by atoms with E-state index in [1.54, 1.807) is 6.92 Å². The summed E-state index contributed by atoms with van der Waals surface area (Å²) in [7, 11) is 0. The number of nitrogens with zero attached hydrogens (tertiary/aromatic N) is 2. The first-order valence-corrected chi connectivity index (χ1v) is 12.6. The summed E-state index contributed by atoms with van der Waals surface area (Å²) in [6.07, 6.45) is 5.42. The van der Waals surface area contributed by atoms with Gasteiger partial charge in [-0.1, -0.05) is 43.2 Å². The van der Waals surface area contributed by atoms with Crippen LogP contribution in [0.25, 0.3) is 0 Å². The first-order chi connectivity index (χ1) is 17.3. The Morgan fingerprint density at radius 3 is 2.56 bits per heavy atom. The Kier molecular flexibility index (Phi) is 10.6. The molecule has 1 aromatic rings. The Balaban J connectivity index is 1.65. The van der Waals surface area contributed by atoms with Crippen LogP contribution in [0.15, 0.2) is 30.3 Å². The van der Waals surface area contributed by atoms with Crippen LogP contribution in [0.5, 0.6) is 0 Å². The van der Waals surface area contributed by atoms with Crippen LogP contribution in [-0.2, 0) is 30.4 Å². The van der Waals surface area contributed by atoms with E-state index >= 15 is 0 Å². The maximum Gasteiger partial charge on any atom is 0.326 e. The zero-order valence-corrected chi connectivity index (χ0v) is 20.6. The molecule has 1 heterocycles. The summed E-state index contributed by atoms with van der Waals surface area (Å²) in [5.41, 5.74) is 1.03. The van der Waals surface area contributed by atoms with Crippen molar-refractivity contribution in [2.24, 2.45) is 5.92 Å². The van der Waals surface area contributed by atoms with Gasteiger partial charge in [0, 0.05) is 12.5 Å². The number of benzene rings is 1. The highest BCUT2D eigenvalue weighted by Gasteiger charge is 2.48. The predicted octanol–water partition coefficient (Wildman–Crippen LogP) is 2.16. The number of ether oxygens (including phenoxy) is 1. The summed E-state index contributed by atoms with van der Waals surface area (Å²) >= 11 is 0. The van der Waals surface area contributed by atoms with Crippen molar-refractivity contribution in [3.8, 4) is 0 Å². The number of hydrogen-bond donors (Lipinski definition) is 4. The number of carboxylic acid groups (broad SMARTS) is 1. The minimum Gasteiger partial charge on any atom is -0.480 e. The second kappa shape index (κ2) is 13.7. The summed E-state index contributed by atoms with van der Waals surface area (Å²) in [5.74, 6) is -1.64. The molecule has 1 aromatic carbocycles. The van der Waals surface area contributed by atoms with Crippen molar-refractivity contribution in [1.82, 2.24) is 15.6 Å². The minimum absolute atomic E-state index is 0.00448. The van der Waals surface area contributed by atoms with E-state index in [4.69, 9.17) is 15.2 Å². The Morgan fingerprint density at radius 2 is 1.86 bits per heavy atom. The zero-order valence-electron chi connectivity index (χ0n) is 20.6. The zero-order chi connectivity index (χ0) is 26.1. The molecule has 5 atom stereocenters. The molecule has 36 heavy (non-hydrogen) atoms. The lowest BCUT2D eigenvalue weighted by Gasteiger charge is -2.35. The van der Waals surface area contributed by atoms with Crippen LogP contribution in [0.4, 0.5) is 0 Å². The number of aryl methyl sites for hydroxylation is 1. The molecule has 3 rings (SSSR count). The van der Waals surface area contributed by atoms with E-state index < -0.39 is 35.5 Å². The lowest BCUT2D eigenvalue weighted by molar-refractivity contribution is -0.492. The molecule has 0 spiro atoms. The fourth-order valence-electron chi connectivity index (χ4n) is 5.30. The largest absolute Gasteiger partial charge is 0.480 e. The first-order valence-electron chi connectivity index (χ1n) is 12.6. The number of amides is 1. The second-order valence-electron chi connectivity index (χ2n) is 9.52. The van der Waals surface area contributed by atoms with Crippen LogP contribution in [-0.4, -0.2) is 81.0 Å². The molecule has 1 saturated carbocycles. The lowest BCUT2D eigenvalue weighted by atomic mass is 9.84. The molecule has 1 saturated heterocycles. The van der Waals surface area contributed by atoms with Crippen LogP contribution in [0.1, 0.15) is 57.4 Å². The van der Waals surface area contributed by atoms with Crippen molar-refractivity contribution >= 4 is 17.8 Å². The Bertz CT molecular complexity index is 868. The summed E-state index contributed by atoms with van der Waals surface area (Å²) in [4.78, 5) is 44.3. The molecule has 11 heteroatoms. The molecule has 2 aliphatic rings. The summed E-state index contributed by atoms with van der Waals surface area (Å²) < 4.78 is 5.34. The predicted molar refractivity (Wildman–Crippen MR) is 127 cm³/mol. The van der Waals surface area contributed by atoms with Gasteiger partial charge in [-0.2, -0.15) is 0 Å². The van der Waals surface area contributed by atoms with Crippen molar-refractivity contribution < 1.29 is 39.5 Å². The number of carbonyl (C=O) groups is 3.